The van der Waals surface area contributed by atoms with Crippen LogP contribution in [0.1, 0.15) is 25.0 Å². The molecule has 0 spiro atoms. The van der Waals surface area contributed by atoms with Gasteiger partial charge in [0.15, 0.2) is 0 Å². The van der Waals surface area contributed by atoms with Crippen molar-refractivity contribution >= 4 is 27.8 Å². The van der Waals surface area contributed by atoms with Gasteiger partial charge >= 0.3 is 0 Å². The molecule has 0 aliphatic carbocycles. The van der Waals surface area contributed by atoms with Crippen molar-refractivity contribution in [2.75, 3.05) is 18.4 Å². The average Bonchev–Trinajstić information content (AvgIpc) is 3.20. The first-order valence-electron chi connectivity index (χ1n) is 10.1. The van der Waals surface area contributed by atoms with Crippen LogP contribution in [-0.4, -0.2) is 41.5 Å². The Morgan fingerprint density at radius 3 is 2.35 bits per heavy atom. The van der Waals surface area contributed by atoms with Crippen LogP contribution in [0.3, 0.4) is 0 Å². The Hall–Kier alpha value is -3.23. The van der Waals surface area contributed by atoms with Gasteiger partial charge in [0.1, 0.15) is 5.82 Å². The minimum absolute atomic E-state index is 0.239. The number of nitrogens with one attached hydrogen (secondary N) is 1. The van der Waals surface area contributed by atoms with Gasteiger partial charge in [0.05, 0.1) is 17.6 Å². The van der Waals surface area contributed by atoms with Crippen molar-refractivity contribution < 1.29 is 13.2 Å². The monoisotopic (exact) mass is 438 g/mol. The van der Waals surface area contributed by atoms with E-state index in [2.05, 4.69) is 10.4 Å². The highest BCUT2D eigenvalue weighted by molar-refractivity contribution is 7.89. The molecular formula is C23H26N4O3S. The Morgan fingerprint density at radius 2 is 1.71 bits per heavy atom. The van der Waals surface area contributed by atoms with Gasteiger partial charge in [-0.05, 0) is 29.3 Å². The molecular weight excluding hydrogens is 412 g/mol. The molecule has 0 radical (unpaired) electrons. The molecule has 0 bridgehead atoms. The van der Waals surface area contributed by atoms with E-state index in [4.69, 9.17) is 0 Å². The van der Waals surface area contributed by atoms with Crippen LogP contribution in [0, 0.1) is 0 Å². The summed E-state index contributed by atoms with van der Waals surface area (Å²) in [7, 11) is -3.49. The van der Waals surface area contributed by atoms with Crippen molar-refractivity contribution in [2.45, 2.75) is 25.3 Å². The first kappa shape index (κ1) is 22.5. The second-order valence-electron chi connectivity index (χ2n) is 6.84. The van der Waals surface area contributed by atoms with E-state index in [1.807, 2.05) is 44.2 Å². The lowest BCUT2D eigenvalue weighted by Gasteiger charge is -2.18. The molecule has 3 aromatic rings. The number of amides is 1. The van der Waals surface area contributed by atoms with E-state index in [9.17, 15) is 13.2 Å². The molecule has 3 rings (SSSR count). The molecule has 0 saturated carbocycles. The third-order valence-electron chi connectivity index (χ3n) is 4.79. The lowest BCUT2D eigenvalue weighted by atomic mass is 10.2. The molecule has 1 heterocycles. The van der Waals surface area contributed by atoms with Crippen LogP contribution in [0.5, 0.6) is 0 Å². The first-order chi connectivity index (χ1) is 14.9. The summed E-state index contributed by atoms with van der Waals surface area (Å²) in [5.74, 6) is 0.300. The van der Waals surface area contributed by atoms with E-state index in [0.717, 1.165) is 11.1 Å². The average molecular weight is 439 g/mol. The highest BCUT2D eigenvalue weighted by Crippen LogP contribution is 2.17. The Balaban J connectivity index is 1.64. The fraction of sp³-hybridized carbons (Fsp3) is 0.217. The van der Waals surface area contributed by atoms with Crippen LogP contribution in [0.2, 0.25) is 0 Å². The molecule has 0 fully saturated rings. The molecule has 162 valence electrons. The molecule has 1 amide bonds. The van der Waals surface area contributed by atoms with Crippen LogP contribution in [0.4, 0.5) is 5.82 Å². The van der Waals surface area contributed by atoms with E-state index in [-0.39, 0.29) is 10.8 Å². The smallest absolute Gasteiger partial charge is 0.249 e. The van der Waals surface area contributed by atoms with Gasteiger partial charge in [-0.25, -0.2) is 13.1 Å². The van der Waals surface area contributed by atoms with Gasteiger partial charge in [-0.3, -0.25) is 4.79 Å². The minimum atomic E-state index is -3.49. The summed E-state index contributed by atoms with van der Waals surface area (Å²) < 4.78 is 28.2. The lowest BCUT2D eigenvalue weighted by molar-refractivity contribution is -0.111. The van der Waals surface area contributed by atoms with Crippen LogP contribution < -0.4 is 5.32 Å². The molecule has 1 aromatic heterocycles. The predicted octanol–water partition coefficient (Wildman–Crippen LogP) is 3.61. The number of nitrogens with zero attached hydrogens (tertiary/aromatic N) is 3. The van der Waals surface area contributed by atoms with Crippen LogP contribution in [-0.2, 0) is 21.4 Å². The zero-order chi connectivity index (χ0) is 22.3. The maximum atomic E-state index is 12.5. The van der Waals surface area contributed by atoms with Crippen molar-refractivity contribution in [3.05, 3.63) is 84.1 Å². The second-order valence-corrected chi connectivity index (χ2v) is 8.78. The number of anilines is 1. The van der Waals surface area contributed by atoms with E-state index in [1.165, 1.54) is 10.4 Å². The number of carbonyl (C=O) groups is 1. The van der Waals surface area contributed by atoms with Gasteiger partial charge in [-0.2, -0.15) is 9.40 Å². The molecule has 31 heavy (non-hydrogen) atoms. The molecule has 0 aliphatic heterocycles. The molecule has 0 atom stereocenters. The van der Waals surface area contributed by atoms with Crippen molar-refractivity contribution in [1.29, 1.82) is 0 Å². The Bertz CT molecular complexity index is 1130. The number of hydrogen-bond acceptors (Lipinski definition) is 4. The maximum absolute atomic E-state index is 12.5. The summed E-state index contributed by atoms with van der Waals surface area (Å²) in [5.41, 5.74) is 1.81. The predicted molar refractivity (Wildman–Crippen MR) is 122 cm³/mol. The lowest BCUT2D eigenvalue weighted by Crippen LogP contribution is -2.30. The van der Waals surface area contributed by atoms with E-state index in [1.54, 1.807) is 47.3 Å². The summed E-state index contributed by atoms with van der Waals surface area (Å²) in [5, 5.41) is 7.08. The van der Waals surface area contributed by atoms with Gasteiger partial charge in [0.25, 0.3) is 0 Å². The fourth-order valence-electron chi connectivity index (χ4n) is 3.12. The van der Waals surface area contributed by atoms with Crippen molar-refractivity contribution in [2.24, 2.45) is 0 Å². The van der Waals surface area contributed by atoms with Gasteiger partial charge < -0.3 is 5.32 Å². The van der Waals surface area contributed by atoms with Gasteiger partial charge in [-0.15, -0.1) is 0 Å². The van der Waals surface area contributed by atoms with Crippen LogP contribution in [0.15, 0.2) is 77.8 Å². The summed E-state index contributed by atoms with van der Waals surface area (Å²) in [4.78, 5) is 12.6. The van der Waals surface area contributed by atoms with Gasteiger partial charge in [0.2, 0.25) is 15.9 Å². The van der Waals surface area contributed by atoms with Crippen LogP contribution >= 0.6 is 0 Å². The first-order valence-corrected chi connectivity index (χ1v) is 11.5. The summed E-state index contributed by atoms with van der Waals surface area (Å²) in [6.07, 6.45) is 4.69. The number of benzene rings is 2. The van der Waals surface area contributed by atoms with Crippen molar-refractivity contribution in [3.63, 3.8) is 0 Å². The highest BCUT2D eigenvalue weighted by atomic mass is 32.2. The molecule has 2 aromatic carbocycles. The Labute approximate surface area is 183 Å². The summed E-state index contributed by atoms with van der Waals surface area (Å²) in [6, 6.07) is 18.1. The van der Waals surface area contributed by atoms with Gasteiger partial charge in [0, 0.05) is 25.2 Å². The Kier molecular flexibility index (Phi) is 7.38. The molecule has 0 aliphatic rings. The van der Waals surface area contributed by atoms with E-state index < -0.39 is 10.0 Å². The van der Waals surface area contributed by atoms with Crippen molar-refractivity contribution in [1.82, 2.24) is 14.1 Å². The number of aromatic nitrogens is 2. The van der Waals surface area contributed by atoms with E-state index in [0.29, 0.717) is 25.5 Å². The zero-order valence-corrected chi connectivity index (χ0v) is 18.4. The highest BCUT2D eigenvalue weighted by Gasteiger charge is 2.20. The molecule has 7 nitrogen and oxygen atoms in total. The van der Waals surface area contributed by atoms with Crippen molar-refractivity contribution in [3.8, 4) is 0 Å². The quantitative estimate of drug-likeness (QED) is 0.517. The minimum Gasteiger partial charge on any atom is -0.307 e. The van der Waals surface area contributed by atoms with E-state index >= 15 is 0 Å². The summed E-state index contributed by atoms with van der Waals surface area (Å²) in [6.45, 7) is 5.00. The topological polar surface area (TPSA) is 84.3 Å². The largest absolute Gasteiger partial charge is 0.307 e. The number of carbonyl (C=O) groups excluding carboxylic acids is 1. The Morgan fingerprint density at radius 1 is 1.03 bits per heavy atom. The zero-order valence-electron chi connectivity index (χ0n) is 17.6. The third kappa shape index (κ3) is 5.68. The number of hydrogen-bond donors (Lipinski definition) is 1. The number of rotatable bonds is 9. The normalized spacial score (nSPS) is 11.8. The van der Waals surface area contributed by atoms with Crippen LogP contribution in [0.25, 0.3) is 6.08 Å². The second kappa shape index (κ2) is 10.2. The molecule has 0 unspecified atom stereocenters. The number of sulfonamides is 1. The molecule has 0 saturated heterocycles. The maximum Gasteiger partial charge on any atom is 0.249 e. The summed E-state index contributed by atoms with van der Waals surface area (Å²) >= 11 is 0. The van der Waals surface area contributed by atoms with Gasteiger partial charge in [-0.1, -0.05) is 56.3 Å². The molecule has 8 heteroatoms. The fourth-order valence-corrected chi connectivity index (χ4v) is 4.58. The SMILES string of the molecule is CCN(CC)S(=O)(=O)c1ccc(/C=C\C(=O)Nc2ccnn2Cc2ccccc2)cc1. The third-order valence-corrected chi connectivity index (χ3v) is 6.86. The molecule has 1 N–H and O–H groups in total. The standard InChI is InChI=1S/C23H26N4O3S/c1-3-26(4-2)31(29,30)21-13-10-19(11-14-21)12-15-23(28)25-22-16-17-24-27(22)18-20-8-6-5-7-9-20/h5-17H,3-4,18H2,1-2H3,(H,25,28)/b15-12-.